The molecule has 1 amide bonds. The van der Waals surface area contributed by atoms with Crippen LogP contribution in [0.15, 0.2) is 0 Å². The predicted octanol–water partition coefficient (Wildman–Crippen LogP) is 1.14. The van der Waals surface area contributed by atoms with E-state index in [0.29, 0.717) is 16.2 Å². The molecular weight excluding hydrogens is 262 g/mol. The van der Waals surface area contributed by atoms with Crippen LogP contribution >= 0.6 is 11.3 Å². The van der Waals surface area contributed by atoms with Gasteiger partial charge >= 0.3 is 0 Å². The molecule has 0 aliphatic carbocycles. The van der Waals surface area contributed by atoms with E-state index in [4.69, 9.17) is 0 Å². The molecule has 1 atom stereocenters. The molecule has 0 radical (unpaired) electrons. The van der Waals surface area contributed by atoms with E-state index >= 15 is 0 Å². The zero-order valence-corrected chi connectivity index (χ0v) is 12.5. The number of carbonyl (C=O) groups excluding carboxylic acids is 1. The van der Waals surface area contributed by atoms with Crippen molar-refractivity contribution >= 4 is 22.4 Å². The first-order chi connectivity index (χ1) is 9.15. The first-order valence-corrected chi connectivity index (χ1v) is 7.52. The van der Waals surface area contributed by atoms with Crippen molar-refractivity contribution in [2.75, 3.05) is 38.5 Å². The molecule has 1 aliphatic heterocycles. The third kappa shape index (κ3) is 3.22. The Balaban J connectivity index is 1.92. The number of anilines is 1. The zero-order valence-electron chi connectivity index (χ0n) is 11.7. The molecule has 0 spiro atoms. The van der Waals surface area contributed by atoms with Crippen molar-refractivity contribution < 1.29 is 4.79 Å². The van der Waals surface area contributed by atoms with E-state index in [9.17, 15) is 4.79 Å². The number of hydrogen-bond acceptors (Lipinski definition) is 6. The summed E-state index contributed by atoms with van der Waals surface area (Å²) in [5.41, 5.74) is 0. The molecule has 0 bridgehead atoms. The molecule has 0 aromatic carbocycles. The third-order valence-electron chi connectivity index (χ3n) is 3.64. The molecule has 1 unspecified atom stereocenters. The van der Waals surface area contributed by atoms with E-state index in [1.54, 1.807) is 7.05 Å². The minimum Gasteiger partial charge on any atom is -0.363 e. The summed E-state index contributed by atoms with van der Waals surface area (Å²) < 4.78 is 0. The van der Waals surface area contributed by atoms with Crippen molar-refractivity contribution in [2.24, 2.45) is 0 Å². The van der Waals surface area contributed by atoms with Gasteiger partial charge in [0.2, 0.25) is 10.1 Å². The van der Waals surface area contributed by atoms with Gasteiger partial charge in [0, 0.05) is 39.3 Å². The van der Waals surface area contributed by atoms with Crippen LogP contribution in [0.5, 0.6) is 0 Å². The summed E-state index contributed by atoms with van der Waals surface area (Å²) in [6.07, 6.45) is 1.15. The lowest BCUT2D eigenvalue weighted by Gasteiger charge is -2.37. The quantitative estimate of drug-likeness (QED) is 0.898. The van der Waals surface area contributed by atoms with Crippen molar-refractivity contribution in [3.63, 3.8) is 0 Å². The largest absolute Gasteiger partial charge is 0.363 e. The third-order valence-corrected chi connectivity index (χ3v) is 4.57. The summed E-state index contributed by atoms with van der Waals surface area (Å²) >= 11 is 1.31. The molecule has 7 heteroatoms. The molecule has 1 fully saturated rings. The number of nitrogens with one attached hydrogen (secondary N) is 1. The smallest absolute Gasteiger partial charge is 0.284 e. The highest BCUT2D eigenvalue weighted by atomic mass is 32.1. The van der Waals surface area contributed by atoms with E-state index in [0.717, 1.165) is 32.6 Å². The summed E-state index contributed by atoms with van der Waals surface area (Å²) in [5, 5.41) is 11.9. The van der Waals surface area contributed by atoms with E-state index in [2.05, 4.69) is 34.3 Å². The van der Waals surface area contributed by atoms with E-state index < -0.39 is 0 Å². The molecule has 0 saturated carbocycles. The maximum atomic E-state index is 12.3. The van der Waals surface area contributed by atoms with Crippen LogP contribution in [0.1, 0.15) is 30.1 Å². The fourth-order valence-corrected chi connectivity index (χ4v) is 2.83. The van der Waals surface area contributed by atoms with Gasteiger partial charge in [-0.2, -0.15) is 0 Å². The molecule has 1 saturated heterocycles. The van der Waals surface area contributed by atoms with Crippen molar-refractivity contribution in [3.8, 4) is 0 Å². The summed E-state index contributed by atoms with van der Waals surface area (Å²) in [4.78, 5) is 16.6. The maximum absolute atomic E-state index is 12.3. The Hall–Kier alpha value is -1.21. The predicted molar refractivity (Wildman–Crippen MR) is 76.7 cm³/mol. The van der Waals surface area contributed by atoms with Gasteiger partial charge in [0.15, 0.2) is 0 Å². The molecule has 19 heavy (non-hydrogen) atoms. The average Bonchev–Trinajstić information content (AvgIpc) is 2.94. The van der Waals surface area contributed by atoms with Gasteiger partial charge in [-0.3, -0.25) is 9.69 Å². The van der Waals surface area contributed by atoms with Crippen molar-refractivity contribution in [2.45, 2.75) is 26.3 Å². The van der Waals surface area contributed by atoms with Gasteiger partial charge in [-0.1, -0.05) is 18.3 Å². The highest BCUT2D eigenvalue weighted by molar-refractivity contribution is 7.17. The van der Waals surface area contributed by atoms with Crippen LogP contribution < -0.4 is 5.32 Å². The second-order valence-corrected chi connectivity index (χ2v) is 5.73. The van der Waals surface area contributed by atoms with Crippen molar-refractivity contribution in [3.05, 3.63) is 5.01 Å². The standard InChI is InChI=1S/C12H21N5OS/c1-4-9(2)16-5-7-17(8-6-16)11(18)10-14-15-12(13-3)19-10/h9H,4-8H2,1-3H3,(H,13,15). The van der Waals surface area contributed by atoms with Crippen LogP contribution in [0.4, 0.5) is 5.13 Å². The van der Waals surface area contributed by atoms with Crippen LogP contribution in [-0.2, 0) is 0 Å². The van der Waals surface area contributed by atoms with Crippen LogP contribution in [-0.4, -0.2) is 65.2 Å². The maximum Gasteiger partial charge on any atom is 0.284 e. The molecule has 6 nitrogen and oxygen atoms in total. The summed E-state index contributed by atoms with van der Waals surface area (Å²) in [6.45, 7) is 7.87. The molecule has 2 rings (SSSR count). The fourth-order valence-electron chi connectivity index (χ4n) is 2.17. The zero-order chi connectivity index (χ0) is 13.8. The number of piperazine rings is 1. The Morgan fingerprint density at radius 2 is 2.05 bits per heavy atom. The van der Waals surface area contributed by atoms with Gasteiger partial charge < -0.3 is 10.2 Å². The topological polar surface area (TPSA) is 61.4 Å². The number of nitrogens with zero attached hydrogens (tertiary/aromatic N) is 4. The Bertz CT molecular complexity index is 428. The van der Waals surface area contributed by atoms with Gasteiger partial charge in [-0.05, 0) is 13.3 Å². The summed E-state index contributed by atoms with van der Waals surface area (Å²) in [6, 6.07) is 0.592. The minimum absolute atomic E-state index is 0.00259. The number of carbonyl (C=O) groups is 1. The SMILES string of the molecule is CCC(C)N1CCN(C(=O)c2nnc(NC)s2)CC1. The fraction of sp³-hybridized carbons (Fsp3) is 0.750. The van der Waals surface area contributed by atoms with Gasteiger partial charge in [-0.25, -0.2) is 0 Å². The number of aromatic nitrogens is 2. The molecular formula is C12H21N5OS. The number of amides is 1. The molecule has 1 N–H and O–H groups in total. The highest BCUT2D eigenvalue weighted by Gasteiger charge is 2.26. The summed E-state index contributed by atoms with van der Waals surface area (Å²) in [7, 11) is 1.78. The lowest BCUT2D eigenvalue weighted by molar-refractivity contribution is 0.0578. The lowest BCUT2D eigenvalue weighted by atomic mass is 10.2. The molecule has 1 aromatic heterocycles. The molecule has 2 heterocycles. The first-order valence-electron chi connectivity index (χ1n) is 6.70. The van der Waals surface area contributed by atoms with E-state index in [1.807, 2.05) is 4.90 Å². The summed E-state index contributed by atoms with van der Waals surface area (Å²) in [5.74, 6) is 0.00259. The molecule has 1 aliphatic rings. The van der Waals surface area contributed by atoms with Gasteiger partial charge in [0.25, 0.3) is 5.91 Å². The normalized spacial score (nSPS) is 18.4. The van der Waals surface area contributed by atoms with Gasteiger partial charge in [0.05, 0.1) is 0 Å². The monoisotopic (exact) mass is 283 g/mol. The van der Waals surface area contributed by atoms with Crippen LogP contribution in [0.3, 0.4) is 0 Å². The second-order valence-electron chi connectivity index (χ2n) is 4.75. The van der Waals surface area contributed by atoms with Crippen LogP contribution in [0, 0.1) is 0 Å². The second kappa shape index (κ2) is 6.29. The Morgan fingerprint density at radius 1 is 1.37 bits per heavy atom. The molecule has 1 aromatic rings. The Kier molecular flexibility index (Phi) is 4.71. The van der Waals surface area contributed by atoms with Crippen molar-refractivity contribution in [1.82, 2.24) is 20.0 Å². The lowest BCUT2D eigenvalue weighted by Crippen LogP contribution is -2.51. The Morgan fingerprint density at radius 3 is 2.58 bits per heavy atom. The van der Waals surface area contributed by atoms with Gasteiger partial charge in [-0.15, -0.1) is 10.2 Å². The number of rotatable bonds is 4. The Labute approximate surface area is 117 Å². The average molecular weight is 283 g/mol. The van der Waals surface area contributed by atoms with Crippen LogP contribution in [0.2, 0.25) is 0 Å². The van der Waals surface area contributed by atoms with E-state index in [-0.39, 0.29) is 5.91 Å². The molecule has 106 valence electrons. The van der Waals surface area contributed by atoms with Gasteiger partial charge in [0.1, 0.15) is 0 Å². The highest BCUT2D eigenvalue weighted by Crippen LogP contribution is 2.17. The van der Waals surface area contributed by atoms with Crippen molar-refractivity contribution in [1.29, 1.82) is 0 Å². The van der Waals surface area contributed by atoms with E-state index in [1.165, 1.54) is 11.3 Å². The first kappa shape index (κ1) is 14.2. The number of hydrogen-bond donors (Lipinski definition) is 1. The van der Waals surface area contributed by atoms with Crippen LogP contribution in [0.25, 0.3) is 0 Å². The minimum atomic E-state index is 0.00259.